The zero-order chi connectivity index (χ0) is 23.1. The molecule has 2 heterocycles. The van der Waals surface area contributed by atoms with Crippen molar-refractivity contribution in [1.29, 1.82) is 0 Å². The zero-order valence-electron chi connectivity index (χ0n) is 18.6. The number of carbonyl (C=O) groups is 1. The molecule has 0 N–H and O–H groups in total. The van der Waals surface area contributed by atoms with Gasteiger partial charge < -0.3 is 0 Å². The molecular weight excluding hydrogens is 432 g/mol. The third-order valence-electron chi connectivity index (χ3n) is 5.69. The molecule has 0 spiro atoms. The minimum atomic E-state index is -0.148. The lowest BCUT2D eigenvalue weighted by Gasteiger charge is -2.13. The Hall–Kier alpha value is -3.71. The molecule has 0 radical (unpaired) electrons. The van der Waals surface area contributed by atoms with Gasteiger partial charge in [-0.15, -0.1) is 10.2 Å². The van der Waals surface area contributed by atoms with Crippen LogP contribution in [0.3, 0.4) is 0 Å². The van der Waals surface area contributed by atoms with Crippen LogP contribution in [0.25, 0.3) is 22.4 Å². The standard InChI is InChI=1S/C26H22N4O2S/c1-16-8-11-19(12-9-16)23(31)15-33-26-28-27-25-29(21-13-10-17(2)14-18(21)3)24(32)20-6-4-5-7-22(20)30(25)26/h4-14H,15H2,1-3H3. The Morgan fingerprint density at radius 3 is 2.39 bits per heavy atom. The molecule has 3 aromatic carbocycles. The summed E-state index contributed by atoms with van der Waals surface area (Å²) in [7, 11) is 0. The second kappa shape index (κ2) is 8.33. The summed E-state index contributed by atoms with van der Waals surface area (Å²) in [5.41, 5.74) is 5.20. The van der Waals surface area contributed by atoms with Crippen molar-refractivity contribution in [2.24, 2.45) is 0 Å². The van der Waals surface area contributed by atoms with Crippen molar-refractivity contribution in [2.75, 3.05) is 5.75 Å². The van der Waals surface area contributed by atoms with Crippen molar-refractivity contribution in [3.8, 4) is 5.69 Å². The van der Waals surface area contributed by atoms with E-state index in [1.54, 1.807) is 4.57 Å². The molecular formula is C26H22N4O2S. The monoisotopic (exact) mass is 454 g/mol. The number of thioether (sulfide) groups is 1. The Balaban J connectivity index is 1.65. The number of aryl methyl sites for hydroxylation is 3. The van der Waals surface area contributed by atoms with Crippen LogP contribution in [0.15, 0.2) is 76.7 Å². The van der Waals surface area contributed by atoms with E-state index in [1.165, 1.54) is 11.8 Å². The average Bonchev–Trinajstić information content (AvgIpc) is 3.23. The number of hydrogen-bond acceptors (Lipinski definition) is 5. The average molecular weight is 455 g/mol. The molecule has 0 bridgehead atoms. The van der Waals surface area contributed by atoms with Gasteiger partial charge in [-0.25, -0.2) is 4.57 Å². The molecule has 7 heteroatoms. The molecule has 0 aliphatic heterocycles. The fourth-order valence-corrected chi connectivity index (χ4v) is 4.83. The maximum absolute atomic E-state index is 13.5. The quantitative estimate of drug-likeness (QED) is 0.278. The molecule has 5 aromatic rings. The highest BCUT2D eigenvalue weighted by Gasteiger charge is 2.19. The Labute approximate surface area is 194 Å². The number of nitrogens with zero attached hydrogens (tertiary/aromatic N) is 4. The third kappa shape index (κ3) is 3.74. The van der Waals surface area contributed by atoms with Crippen LogP contribution in [0.1, 0.15) is 27.0 Å². The summed E-state index contributed by atoms with van der Waals surface area (Å²) in [6, 6.07) is 20.9. The summed E-state index contributed by atoms with van der Waals surface area (Å²) >= 11 is 1.32. The van der Waals surface area contributed by atoms with Crippen molar-refractivity contribution in [3.63, 3.8) is 0 Å². The summed E-state index contributed by atoms with van der Waals surface area (Å²) in [6.45, 7) is 5.99. The number of aromatic nitrogens is 4. The van der Waals surface area contributed by atoms with E-state index in [9.17, 15) is 9.59 Å². The van der Waals surface area contributed by atoms with Crippen LogP contribution in [-0.2, 0) is 0 Å². The number of para-hydroxylation sites is 1. The number of benzene rings is 3. The largest absolute Gasteiger partial charge is 0.293 e. The predicted octanol–water partition coefficient (Wildman–Crippen LogP) is 4.93. The van der Waals surface area contributed by atoms with Gasteiger partial charge in [0, 0.05) is 5.56 Å². The van der Waals surface area contributed by atoms with Gasteiger partial charge in [-0.1, -0.05) is 71.4 Å². The van der Waals surface area contributed by atoms with Crippen LogP contribution < -0.4 is 5.56 Å². The number of carbonyl (C=O) groups excluding carboxylic acids is 1. The molecule has 0 aliphatic rings. The lowest BCUT2D eigenvalue weighted by atomic mass is 10.1. The SMILES string of the molecule is Cc1ccc(C(=O)CSc2nnc3n(-c4ccc(C)cc4C)c(=O)c4ccccc4n23)cc1. The van der Waals surface area contributed by atoms with E-state index in [0.29, 0.717) is 27.4 Å². The van der Waals surface area contributed by atoms with E-state index in [2.05, 4.69) is 10.2 Å². The lowest BCUT2D eigenvalue weighted by Crippen LogP contribution is -2.22. The molecule has 6 nitrogen and oxygen atoms in total. The summed E-state index contributed by atoms with van der Waals surface area (Å²) < 4.78 is 3.47. The van der Waals surface area contributed by atoms with Gasteiger partial charge in [-0.2, -0.15) is 0 Å². The number of ketones is 1. The molecule has 0 amide bonds. The third-order valence-corrected chi connectivity index (χ3v) is 6.62. The Morgan fingerprint density at radius 2 is 1.64 bits per heavy atom. The van der Waals surface area contributed by atoms with Gasteiger partial charge in [0.2, 0.25) is 5.78 Å². The fraction of sp³-hybridized carbons (Fsp3) is 0.154. The van der Waals surface area contributed by atoms with Crippen molar-refractivity contribution < 1.29 is 4.79 Å². The van der Waals surface area contributed by atoms with Crippen molar-refractivity contribution in [2.45, 2.75) is 25.9 Å². The minimum Gasteiger partial charge on any atom is -0.293 e. The summed E-state index contributed by atoms with van der Waals surface area (Å²) in [4.78, 5) is 26.2. The second-order valence-corrected chi connectivity index (χ2v) is 9.09. The van der Waals surface area contributed by atoms with Gasteiger partial charge in [-0.3, -0.25) is 14.0 Å². The highest BCUT2D eigenvalue weighted by Crippen LogP contribution is 2.25. The first kappa shape index (κ1) is 21.2. The normalized spacial score (nSPS) is 11.4. The molecule has 164 valence electrons. The number of fused-ring (bicyclic) bond motifs is 3. The van der Waals surface area contributed by atoms with Gasteiger partial charge in [-0.05, 0) is 44.5 Å². The molecule has 33 heavy (non-hydrogen) atoms. The summed E-state index contributed by atoms with van der Waals surface area (Å²) in [6.07, 6.45) is 0. The van der Waals surface area contributed by atoms with E-state index in [1.807, 2.05) is 91.9 Å². The van der Waals surface area contributed by atoms with Crippen LogP contribution in [0, 0.1) is 20.8 Å². The second-order valence-electron chi connectivity index (χ2n) is 8.14. The van der Waals surface area contributed by atoms with E-state index in [0.717, 1.165) is 22.4 Å². The lowest BCUT2D eigenvalue weighted by molar-refractivity contribution is 0.102. The highest BCUT2D eigenvalue weighted by atomic mass is 32.2. The Morgan fingerprint density at radius 1 is 0.909 bits per heavy atom. The minimum absolute atomic E-state index is 0.0174. The van der Waals surface area contributed by atoms with Crippen LogP contribution in [0.2, 0.25) is 0 Å². The van der Waals surface area contributed by atoms with E-state index < -0.39 is 0 Å². The van der Waals surface area contributed by atoms with Crippen molar-refractivity contribution >= 4 is 34.2 Å². The molecule has 0 saturated heterocycles. The Bertz CT molecular complexity index is 1580. The van der Waals surface area contributed by atoms with Crippen LogP contribution in [0.4, 0.5) is 0 Å². The molecule has 2 aromatic heterocycles. The first-order valence-electron chi connectivity index (χ1n) is 10.6. The molecule has 5 rings (SSSR count). The topological polar surface area (TPSA) is 69.3 Å². The van der Waals surface area contributed by atoms with Gasteiger partial charge >= 0.3 is 0 Å². The zero-order valence-corrected chi connectivity index (χ0v) is 19.4. The van der Waals surface area contributed by atoms with Gasteiger partial charge in [0.15, 0.2) is 10.9 Å². The van der Waals surface area contributed by atoms with Crippen LogP contribution >= 0.6 is 11.8 Å². The van der Waals surface area contributed by atoms with Gasteiger partial charge in [0.05, 0.1) is 22.3 Å². The Kier molecular flexibility index (Phi) is 5.34. The van der Waals surface area contributed by atoms with Crippen LogP contribution in [-0.4, -0.2) is 30.7 Å². The number of hydrogen-bond donors (Lipinski definition) is 0. The van der Waals surface area contributed by atoms with Gasteiger partial charge in [0.1, 0.15) is 0 Å². The fourth-order valence-electron chi connectivity index (χ4n) is 4.00. The highest BCUT2D eigenvalue weighted by molar-refractivity contribution is 7.99. The number of Topliss-reactive ketones (excluding diaryl/α,β-unsaturated/α-hetero) is 1. The smallest absolute Gasteiger partial charge is 0.267 e. The maximum atomic E-state index is 13.5. The van der Waals surface area contributed by atoms with Crippen molar-refractivity contribution in [3.05, 3.63) is 99.3 Å². The summed E-state index contributed by atoms with van der Waals surface area (Å²) in [5, 5.41) is 9.88. The van der Waals surface area contributed by atoms with E-state index >= 15 is 0 Å². The first-order chi connectivity index (χ1) is 15.9. The van der Waals surface area contributed by atoms with Crippen LogP contribution in [0.5, 0.6) is 0 Å². The van der Waals surface area contributed by atoms with Crippen molar-refractivity contribution in [1.82, 2.24) is 19.2 Å². The number of rotatable bonds is 5. The molecule has 0 atom stereocenters. The first-order valence-corrected chi connectivity index (χ1v) is 11.6. The molecule has 0 aliphatic carbocycles. The van der Waals surface area contributed by atoms with E-state index in [-0.39, 0.29) is 17.1 Å². The molecule has 0 unspecified atom stereocenters. The van der Waals surface area contributed by atoms with Gasteiger partial charge in [0.25, 0.3) is 5.56 Å². The summed E-state index contributed by atoms with van der Waals surface area (Å²) in [5.74, 6) is 0.667. The molecule has 0 fully saturated rings. The predicted molar refractivity (Wildman–Crippen MR) is 132 cm³/mol. The van der Waals surface area contributed by atoms with E-state index in [4.69, 9.17) is 0 Å². The maximum Gasteiger partial charge on any atom is 0.267 e. The molecule has 0 saturated carbocycles.